The fraction of sp³-hybridized carbons (Fsp3) is 0.0909. The largest absolute Gasteiger partial charge is 0.417 e. The smallest absolute Gasteiger partial charge is 0.348 e. The van der Waals surface area contributed by atoms with Crippen LogP contribution in [0.1, 0.15) is 15.9 Å². The number of carbonyl (C=O) groups is 1. The number of carbonyl (C=O) groups excluding carboxylic acids is 1. The van der Waals surface area contributed by atoms with Crippen molar-refractivity contribution in [3.8, 4) is 11.3 Å². The third-order valence-corrected chi connectivity index (χ3v) is 2.86. The molecule has 3 nitrogen and oxygen atoms in total. The molecule has 0 radical (unpaired) electrons. The number of alkyl halides is 3. The van der Waals surface area contributed by atoms with Gasteiger partial charge in [-0.25, -0.2) is 0 Å². The van der Waals surface area contributed by atoms with E-state index in [1.807, 2.05) is 0 Å². The minimum atomic E-state index is -4.53. The van der Waals surface area contributed by atoms with Gasteiger partial charge in [-0.2, -0.15) is 13.2 Å². The number of rotatable bonds is 2. The van der Waals surface area contributed by atoms with Gasteiger partial charge in [0.25, 0.3) is 0 Å². The molecule has 0 spiro atoms. The first kappa shape index (κ1) is 12.8. The number of hydrogen-bond donors (Lipinski definition) is 0. The number of nitrogens with zero attached hydrogens (tertiary/aromatic N) is 1. The van der Waals surface area contributed by atoms with Gasteiger partial charge in [-0.15, -0.1) is 0 Å². The van der Waals surface area contributed by atoms with Gasteiger partial charge >= 0.3 is 6.18 Å². The summed E-state index contributed by atoms with van der Waals surface area (Å²) in [6, 6.07) is 4.86. The van der Waals surface area contributed by atoms with Crippen LogP contribution in [0.3, 0.4) is 0 Å². The van der Waals surface area contributed by atoms with Crippen LogP contribution in [0.4, 0.5) is 13.2 Å². The average molecular weight is 320 g/mol. The van der Waals surface area contributed by atoms with Crippen LogP contribution in [0.25, 0.3) is 11.3 Å². The van der Waals surface area contributed by atoms with E-state index in [-0.39, 0.29) is 21.5 Å². The molecule has 0 N–H and O–H groups in total. The van der Waals surface area contributed by atoms with Crippen molar-refractivity contribution in [2.24, 2.45) is 0 Å². The molecule has 0 aliphatic heterocycles. The molecule has 0 bridgehead atoms. The SMILES string of the molecule is O=Cc1c(-c2ccccc2C(F)(F)F)noc1Br. The second-order valence-electron chi connectivity index (χ2n) is 3.38. The Bertz CT molecular complexity index is 592. The monoisotopic (exact) mass is 319 g/mol. The predicted molar refractivity (Wildman–Crippen MR) is 60.0 cm³/mol. The average Bonchev–Trinajstić information content (AvgIpc) is 2.69. The Kier molecular flexibility index (Phi) is 3.25. The van der Waals surface area contributed by atoms with Crippen molar-refractivity contribution in [2.75, 3.05) is 0 Å². The second-order valence-corrected chi connectivity index (χ2v) is 4.10. The Labute approximate surface area is 108 Å². The molecule has 0 amide bonds. The van der Waals surface area contributed by atoms with Crippen LogP contribution in [0, 0.1) is 0 Å². The van der Waals surface area contributed by atoms with Crippen LogP contribution in [-0.4, -0.2) is 11.4 Å². The van der Waals surface area contributed by atoms with Crippen molar-refractivity contribution >= 4 is 22.2 Å². The third-order valence-electron chi connectivity index (χ3n) is 2.29. The van der Waals surface area contributed by atoms with Crippen LogP contribution < -0.4 is 0 Å². The molecule has 1 aromatic heterocycles. The molecular formula is C11H5BrF3NO2. The summed E-state index contributed by atoms with van der Waals surface area (Å²) in [6.45, 7) is 0. The van der Waals surface area contributed by atoms with Gasteiger partial charge in [0.2, 0.25) is 4.67 Å². The van der Waals surface area contributed by atoms with E-state index in [1.165, 1.54) is 18.2 Å². The minimum absolute atomic E-state index is 0.00415. The molecule has 18 heavy (non-hydrogen) atoms. The van der Waals surface area contributed by atoms with Gasteiger partial charge in [0.15, 0.2) is 6.29 Å². The summed E-state index contributed by atoms with van der Waals surface area (Å²) in [5, 5.41) is 3.48. The van der Waals surface area contributed by atoms with E-state index in [0.29, 0.717) is 6.29 Å². The lowest BCUT2D eigenvalue weighted by molar-refractivity contribution is -0.137. The highest BCUT2D eigenvalue weighted by atomic mass is 79.9. The molecule has 7 heteroatoms. The Morgan fingerprint density at radius 3 is 2.56 bits per heavy atom. The van der Waals surface area contributed by atoms with Crippen LogP contribution in [0.2, 0.25) is 0 Å². The van der Waals surface area contributed by atoms with Crippen molar-refractivity contribution in [2.45, 2.75) is 6.18 Å². The van der Waals surface area contributed by atoms with Crippen LogP contribution in [0.5, 0.6) is 0 Å². The molecule has 0 saturated carbocycles. The summed E-state index contributed by atoms with van der Waals surface area (Å²) in [5.41, 5.74) is -1.24. The first-order valence-electron chi connectivity index (χ1n) is 4.72. The molecular weight excluding hydrogens is 315 g/mol. The molecule has 2 rings (SSSR count). The topological polar surface area (TPSA) is 43.1 Å². The first-order chi connectivity index (χ1) is 8.45. The van der Waals surface area contributed by atoms with Crippen molar-refractivity contribution in [1.82, 2.24) is 5.16 Å². The summed E-state index contributed by atoms with van der Waals surface area (Å²) in [7, 11) is 0. The number of halogens is 4. The minimum Gasteiger partial charge on any atom is -0.348 e. The molecule has 1 heterocycles. The first-order valence-corrected chi connectivity index (χ1v) is 5.51. The Balaban J connectivity index is 2.68. The molecule has 0 fully saturated rings. The van der Waals surface area contributed by atoms with E-state index in [2.05, 4.69) is 25.6 Å². The van der Waals surface area contributed by atoms with E-state index >= 15 is 0 Å². The lowest BCUT2D eigenvalue weighted by Gasteiger charge is -2.10. The Hall–Kier alpha value is -1.63. The fourth-order valence-electron chi connectivity index (χ4n) is 1.51. The summed E-state index contributed by atoms with van der Waals surface area (Å²) in [6.07, 6.45) is -4.13. The van der Waals surface area contributed by atoms with Gasteiger partial charge in [0, 0.05) is 5.56 Å². The summed E-state index contributed by atoms with van der Waals surface area (Å²) in [4.78, 5) is 10.8. The lowest BCUT2D eigenvalue weighted by Crippen LogP contribution is -2.07. The third kappa shape index (κ3) is 2.17. The molecule has 0 atom stereocenters. The van der Waals surface area contributed by atoms with E-state index in [9.17, 15) is 18.0 Å². The zero-order valence-corrected chi connectivity index (χ0v) is 10.2. The predicted octanol–water partition coefficient (Wildman–Crippen LogP) is 3.94. The van der Waals surface area contributed by atoms with Gasteiger partial charge in [-0.1, -0.05) is 23.4 Å². The molecule has 0 aliphatic carbocycles. The molecule has 2 aromatic rings. The van der Waals surface area contributed by atoms with Crippen LogP contribution >= 0.6 is 15.9 Å². The number of aldehydes is 1. The van der Waals surface area contributed by atoms with E-state index in [1.54, 1.807) is 0 Å². The van der Waals surface area contributed by atoms with Crippen molar-refractivity contribution in [3.63, 3.8) is 0 Å². The van der Waals surface area contributed by atoms with Crippen LogP contribution in [0.15, 0.2) is 33.5 Å². The number of benzene rings is 1. The van der Waals surface area contributed by atoms with Crippen molar-refractivity contribution in [1.29, 1.82) is 0 Å². The molecule has 1 aromatic carbocycles. The van der Waals surface area contributed by atoms with E-state index < -0.39 is 11.7 Å². The maximum absolute atomic E-state index is 12.8. The maximum atomic E-state index is 12.8. The highest BCUT2D eigenvalue weighted by Gasteiger charge is 2.35. The Morgan fingerprint density at radius 1 is 1.28 bits per heavy atom. The molecule has 0 aliphatic rings. The van der Waals surface area contributed by atoms with Crippen molar-refractivity contribution in [3.05, 3.63) is 40.1 Å². The molecule has 94 valence electrons. The molecule has 0 saturated heterocycles. The fourth-order valence-corrected chi connectivity index (χ4v) is 1.86. The Morgan fingerprint density at radius 2 is 1.94 bits per heavy atom. The lowest BCUT2D eigenvalue weighted by atomic mass is 10.0. The second kappa shape index (κ2) is 4.56. The maximum Gasteiger partial charge on any atom is 0.417 e. The zero-order valence-electron chi connectivity index (χ0n) is 8.66. The van der Waals surface area contributed by atoms with Gasteiger partial charge < -0.3 is 4.52 Å². The summed E-state index contributed by atoms with van der Waals surface area (Å²) < 4.78 is 43.1. The van der Waals surface area contributed by atoms with Crippen molar-refractivity contribution < 1.29 is 22.5 Å². The number of hydrogen-bond acceptors (Lipinski definition) is 3. The van der Waals surface area contributed by atoms with Gasteiger partial charge in [0.1, 0.15) is 5.69 Å². The summed E-state index contributed by atoms with van der Waals surface area (Å²) >= 11 is 2.91. The highest BCUT2D eigenvalue weighted by Crippen LogP contribution is 2.38. The summed E-state index contributed by atoms with van der Waals surface area (Å²) in [5.74, 6) is 0. The highest BCUT2D eigenvalue weighted by molar-refractivity contribution is 9.10. The quantitative estimate of drug-likeness (QED) is 0.787. The van der Waals surface area contributed by atoms with E-state index in [0.717, 1.165) is 6.07 Å². The van der Waals surface area contributed by atoms with Crippen LogP contribution in [-0.2, 0) is 6.18 Å². The zero-order chi connectivity index (χ0) is 13.3. The van der Waals surface area contributed by atoms with Gasteiger partial charge in [0.05, 0.1) is 11.1 Å². The van der Waals surface area contributed by atoms with Gasteiger partial charge in [-0.05, 0) is 22.0 Å². The molecule has 0 unspecified atom stereocenters. The standard InChI is InChI=1S/C11H5BrF3NO2/c12-10-7(5-17)9(16-18-10)6-3-1-2-4-8(6)11(13,14)15/h1-5H. The van der Waals surface area contributed by atoms with Gasteiger partial charge in [-0.3, -0.25) is 4.79 Å². The normalized spacial score (nSPS) is 11.6. The van der Waals surface area contributed by atoms with E-state index in [4.69, 9.17) is 0 Å². The number of aromatic nitrogens is 1.